The molecular weight excluding hydrogens is 451 g/mol. The lowest BCUT2D eigenvalue weighted by atomic mass is 9.91. The Balaban J connectivity index is 3.75. The second-order valence-electron chi connectivity index (χ2n) is 9.09. The van der Waals surface area contributed by atoms with Gasteiger partial charge in [-0.2, -0.15) is 13.2 Å². The molecule has 0 atom stereocenters. The molecule has 0 fully saturated rings. The molecule has 0 unspecified atom stereocenters. The highest BCUT2D eigenvalue weighted by Crippen LogP contribution is 2.39. The third kappa shape index (κ3) is 8.03. The molecule has 0 aliphatic carbocycles. The zero-order chi connectivity index (χ0) is 25.9. The largest absolute Gasteiger partial charge is 0.465 e. The third-order valence-corrected chi connectivity index (χ3v) is 3.94. The molecule has 33 heavy (non-hydrogen) atoms. The van der Waals surface area contributed by atoms with E-state index in [4.69, 9.17) is 9.47 Å². The van der Waals surface area contributed by atoms with Crippen molar-refractivity contribution >= 4 is 23.6 Å². The Hall–Kier alpha value is -3.18. The predicted octanol–water partition coefficient (Wildman–Crippen LogP) is 4.24. The van der Waals surface area contributed by atoms with Gasteiger partial charge in [0.05, 0.1) is 23.2 Å². The van der Waals surface area contributed by atoms with Crippen molar-refractivity contribution in [3.05, 3.63) is 38.9 Å². The lowest BCUT2D eigenvalue weighted by Gasteiger charge is -2.27. The number of methoxy groups -OCH3 is 1. The summed E-state index contributed by atoms with van der Waals surface area (Å²) in [5.74, 6) is -5.59. The molecular formula is C21H26F3NO8. The Labute approximate surface area is 188 Å². The van der Waals surface area contributed by atoms with Gasteiger partial charge in [0.1, 0.15) is 11.2 Å². The summed E-state index contributed by atoms with van der Waals surface area (Å²) < 4.78 is 56.1. The first-order chi connectivity index (χ1) is 14.8. The number of esters is 3. The number of hydrogen-bond acceptors (Lipinski definition) is 8. The highest BCUT2D eigenvalue weighted by atomic mass is 19.4. The molecule has 0 N–H and O–H groups in total. The van der Waals surface area contributed by atoms with Crippen molar-refractivity contribution in [1.29, 1.82) is 0 Å². The third-order valence-electron chi connectivity index (χ3n) is 3.94. The molecule has 0 aliphatic heterocycles. The van der Waals surface area contributed by atoms with Crippen LogP contribution in [0.5, 0.6) is 0 Å². The van der Waals surface area contributed by atoms with Gasteiger partial charge in [-0.3, -0.25) is 19.7 Å². The van der Waals surface area contributed by atoms with Gasteiger partial charge in [0.25, 0.3) is 5.69 Å². The van der Waals surface area contributed by atoms with Gasteiger partial charge in [0, 0.05) is 18.1 Å². The second kappa shape index (κ2) is 9.75. The molecule has 0 aromatic heterocycles. The fraction of sp³-hybridized carbons (Fsp3) is 0.571. The fourth-order valence-electron chi connectivity index (χ4n) is 2.74. The highest BCUT2D eigenvalue weighted by molar-refractivity contribution is 5.96. The average Bonchev–Trinajstić information content (AvgIpc) is 2.60. The zero-order valence-corrected chi connectivity index (χ0v) is 19.3. The lowest BCUT2D eigenvalue weighted by Crippen LogP contribution is -2.38. The molecule has 184 valence electrons. The number of alkyl halides is 3. The number of nitro groups is 1. The molecule has 0 saturated carbocycles. The van der Waals surface area contributed by atoms with Crippen LogP contribution in [-0.4, -0.2) is 41.1 Å². The Morgan fingerprint density at radius 1 is 0.970 bits per heavy atom. The molecule has 0 spiro atoms. The molecule has 0 bridgehead atoms. The van der Waals surface area contributed by atoms with Crippen LogP contribution in [0.4, 0.5) is 18.9 Å². The number of carbonyl (C=O) groups is 3. The summed E-state index contributed by atoms with van der Waals surface area (Å²) in [4.78, 5) is 47.6. The molecule has 0 heterocycles. The Kier molecular flexibility index (Phi) is 8.23. The minimum absolute atomic E-state index is 0.370. The first-order valence-corrected chi connectivity index (χ1v) is 9.69. The molecule has 0 aliphatic rings. The van der Waals surface area contributed by atoms with Crippen molar-refractivity contribution < 1.29 is 46.7 Å². The van der Waals surface area contributed by atoms with Crippen LogP contribution in [0.15, 0.2) is 12.1 Å². The van der Waals surface area contributed by atoms with Gasteiger partial charge in [-0.05, 0) is 47.6 Å². The van der Waals surface area contributed by atoms with E-state index in [0.29, 0.717) is 12.1 Å². The number of carbonyl (C=O) groups excluding carboxylic acids is 3. The summed E-state index contributed by atoms with van der Waals surface area (Å²) >= 11 is 0. The van der Waals surface area contributed by atoms with E-state index in [-0.39, 0.29) is 0 Å². The van der Waals surface area contributed by atoms with E-state index < -0.39 is 74.9 Å². The number of hydrogen-bond donors (Lipinski definition) is 0. The van der Waals surface area contributed by atoms with Gasteiger partial charge >= 0.3 is 24.1 Å². The highest BCUT2D eigenvalue weighted by Gasteiger charge is 2.43. The van der Waals surface area contributed by atoms with Crippen LogP contribution in [0.25, 0.3) is 0 Å². The van der Waals surface area contributed by atoms with E-state index in [9.17, 15) is 37.7 Å². The van der Waals surface area contributed by atoms with Gasteiger partial charge in [-0.15, -0.1) is 0 Å². The molecule has 12 heteroatoms. The summed E-state index contributed by atoms with van der Waals surface area (Å²) in [6, 6.07) is 0.965. The quantitative estimate of drug-likeness (QED) is 0.196. The molecule has 1 aromatic carbocycles. The van der Waals surface area contributed by atoms with Crippen LogP contribution in [0.2, 0.25) is 0 Å². The summed E-state index contributed by atoms with van der Waals surface area (Å²) in [7, 11) is 0.899. The Morgan fingerprint density at radius 2 is 1.42 bits per heavy atom. The van der Waals surface area contributed by atoms with E-state index in [1.54, 1.807) is 0 Å². The molecule has 1 aromatic rings. The lowest BCUT2D eigenvalue weighted by molar-refractivity contribution is -0.385. The molecule has 0 saturated heterocycles. The first-order valence-electron chi connectivity index (χ1n) is 9.69. The second-order valence-corrected chi connectivity index (χ2v) is 9.09. The molecule has 0 radical (unpaired) electrons. The van der Waals surface area contributed by atoms with Crippen molar-refractivity contribution in [3.8, 4) is 0 Å². The molecule has 0 amide bonds. The van der Waals surface area contributed by atoms with Crippen molar-refractivity contribution in [2.24, 2.45) is 5.92 Å². The van der Waals surface area contributed by atoms with Gasteiger partial charge in [-0.25, -0.2) is 4.79 Å². The van der Waals surface area contributed by atoms with Crippen LogP contribution < -0.4 is 0 Å². The number of ether oxygens (including phenoxy) is 3. The van der Waals surface area contributed by atoms with Crippen LogP contribution in [-0.2, 0) is 36.4 Å². The van der Waals surface area contributed by atoms with Gasteiger partial charge in [-0.1, -0.05) is 0 Å². The Morgan fingerprint density at radius 3 is 1.76 bits per heavy atom. The predicted molar refractivity (Wildman–Crippen MR) is 108 cm³/mol. The average molecular weight is 477 g/mol. The van der Waals surface area contributed by atoms with Crippen molar-refractivity contribution in [2.75, 3.05) is 7.11 Å². The molecule has 1 rings (SSSR count). The first kappa shape index (κ1) is 27.9. The van der Waals surface area contributed by atoms with Gasteiger partial charge < -0.3 is 14.2 Å². The van der Waals surface area contributed by atoms with Crippen molar-refractivity contribution in [1.82, 2.24) is 0 Å². The van der Waals surface area contributed by atoms with Crippen LogP contribution >= 0.6 is 0 Å². The fourth-order valence-corrected chi connectivity index (χ4v) is 2.74. The van der Waals surface area contributed by atoms with Crippen molar-refractivity contribution in [3.63, 3.8) is 0 Å². The normalized spacial score (nSPS) is 12.3. The summed E-state index contributed by atoms with van der Waals surface area (Å²) in [6.07, 6.45) is -6.20. The smallest absolute Gasteiger partial charge is 0.416 e. The number of halogens is 3. The summed E-state index contributed by atoms with van der Waals surface area (Å²) in [5.41, 5.74) is -6.57. The minimum atomic E-state index is -5.16. The zero-order valence-electron chi connectivity index (χ0n) is 19.3. The SMILES string of the molecule is COC(=O)c1cc([N+](=O)[O-])c(CC(C(=O)OC(C)(C)C)C(=O)OC(C)(C)C)c(C(F)(F)F)c1. The van der Waals surface area contributed by atoms with E-state index >= 15 is 0 Å². The van der Waals surface area contributed by atoms with E-state index in [1.165, 1.54) is 41.5 Å². The van der Waals surface area contributed by atoms with Crippen LogP contribution in [0, 0.1) is 16.0 Å². The number of nitrogens with zero attached hydrogens (tertiary/aromatic N) is 1. The minimum Gasteiger partial charge on any atom is -0.465 e. The number of rotatable bonds is 6. The van der Waals surface area contributed by atoms with Gasteiger partial charge in [0.15, 0.2) is 5.92 Å². The number of nitro benzene ring substituents is 1. The molecule has 9 nitrogen and oxygen atoms in total. The summed E-state index contributed by atoms with van der Waals surface area (Å²) in [5, 5.41) is 11.6. The van der Waals surface area contributed by atoms with Crippen LogP contribution in [0.1, 0.15) is 63.0 Å². The standard InChI is InChI=1S/C21H26F3NO8/c1-19(2,3)32-17(27)13(18(28)33-20(4,5)6)10-12-14(21(22,23)24)8-11(16(26)31-7)9-15(12)25(29)30/h8-9,13H,10H2,1-7H3. The van der Waals surface area contributed by atoms with E-state index in [0.717, 1.165) is 7.11 Å². The van der Waals surface area contributed by atoms with E-state index in [1.807, 2.05) is 0 Å². The summed E-state index contributed by atoms with van der Waals surface area (Å²) in [6.45, 7) is 8.87. The Bertz CT molecular complexity index is 915. The van der Waals surface area contributed by atoms with Crippen molar-refractivity contribution in [2.45, 2.75) is 65.3 Å². The number of benzene rings is 1. The van der Waals surface area contributed by atoms with Crippen LogP contribution in [0.3, 0.4) is 0 Å². The van der Waals surface area contributed by atoms with Gasteiger partial charge in [0.2, 0.25) is 0 Å². The van der Waals surface area contributed by atoms with E-state index in [2.05, 4.69) is 4.74 Å². The monoisotopic (exact) mass is 477 g/mol. The maximum absolute atomic E-state index is 13.8. The maximum atomic E-state index is 13.8. The topological polar surface area (TPSA) is 122 Å². The maximum Gasteiger partial charge on any atom is 0.416 e.